The zero-order chi connectivity index (χ0) is 24.5. The number of nitrogens with zero attached hydrogens (tertiary/aromatic N) is 5. The average molecular weight is 474 g/mol. The second kappa shape index (κ2) is 9.11. The van der Waals surface area contributed by atoms with Crippen molar-refractivity contribution < 1.29 is 9.15 Å². The summed E-state index contributed by atoms with van der Waals surface area (Å²) in [6, 6.07) is 26.0. The summed E-state index contributed by atoms with van der Waals surface area (Å²) in [7, 11) is 1.68. The first kappa shape index (κ1) is 21.7. The highest BCUT2D eigenvalue weighted by molar-refractivity contribution is 5.76. The van der Waals surface area contributed by atoms with Crippen molar-refractivity contribution in [3.05, 3.63) is 103 Å². The third-order valence-electron chi connectivity index (χ3n) is 6.08. The van der Waals surface area contributed by atoms with Gasteiger partial charge in [-0.2, -0.15) is 0 Å². The Morgan fingerprint density at radius 2 is 1.72 bits per heavy atom. The van der Waals surface area contributed by atoms with Gasteiger partial charge in [0.05, 0.1) is 19.9 Å². The van der Waals surface area contributed by atoms with Crippen LogP contribution in [0.1, 0.15) is 11.3 Å². The fourth-order valence-corrected chi connectivity index (χ4v) is 4.25. The van der Waals surface area contributed by atoms with Crippen LogP contribution in [-0.2, 0) is 6.54 Å². The molecule has 3 aromatic heterocycles. The summed E-state index contributed by atoms with van der Waals surface area (Å²) in [5.41, 5.74) is 8.45. The second-order valence-electron chi connectivity index (χ2n) is 8.59. The maximum absolute atomic E-state index is 5.87. The molecule has 0 saturated heterocycles. The number of aryl methyl sites for hydroxylation is 1. The predicted octanol–water partition coefficient (Wildman–Crippen LogP) is 6.18. The molecule has 0 aliphatic carbocycles. The monoisotopic (exact) mass is 473 g/mol. The molecule has 0 amide bonds. The molecule has 0 bridgehead atoms. The smallest absolute Gasteiger partial charge is 0.227 e. The zero-order valence-corrected chi connectivity index (χ0v) is 19.9. The number of hydrogen-bond donors (Lipinski definition) is 0. The van der Waals surface area contributed by atoms with E-state index < -0.39 is 0 Å². The lowest BCUT2D eigenvalue weighted by molar-refractivity contribution is 0.416. The molecule has 6 aromatic rings. The number of para-hydroxylation sites is 2. The Balaban J connectivity index is 1.20. The van der Waals surface area contributed by atoms with Gasteiger partial charge in [-0.05, 0) is 66.6 Å². The maximum atomic E-state index is 5.87. The predicted molar refractivity (Wildman–Crippen MR) is 139 cm³/mol. The van der Waals surface area contributed by atoms with Crippen molar-refractivity contribution >= 4 is 11.1 Å². The van der Waals surface area contributed by atoms with E-state index >= 15 is 0 Å². The number of oxazole rings is 1. The van der Waals surface area contributed by atoms with Crippen molar-refractivity contribution in [2.45, 2.75) is 13.5 Å². The molecule has 0 N–H and O–H groups in total. The molecule has 0 saturated carbocycles. The van der Waals surface area contributed by atoms with Gasteiger partial charge in [0.2, 0.25) is 5.89 Å². The summed E-state index contributed by atoms with van der Waals surface area (Å²) < 4.78 is 13.4. The lowest BCUT2D eigenvalue weighted by Crippen LogP contribution is -2.00. The van der Waals surface area contributed by atoms with Crippen LogP contribution in [0.25, 0.3) is 44.9 Å². The molecular formula is C29H23N5O2. The Morgan fingerprint density at radius 1 is 0.889 bits per heavy atom. The first-order valence-corrected chi connectivity index (χ1v) is 11.6. The van der Waals surface area contributed by atoms with Crippen LogP contribution in [0.15, 0.2) is 95.7 Å². The molecule has 176 valence electrons. The third kappa shape index (κ3) is 4.22. The van der Waals surface area contributed by atoms with Gasteiger partial charge < -0.3 is 9.15 Å². The molecule has 0 unspecified atom stereocenters. The minimum Gasteiger partial charge on any atom is -0.496 e. The molecule has 3 heterocycles. The third-order valence-corrected chi connectivity index (χ3v) is 6.08. The van der Waals surface area contributed by atoms with E-state index in [2.05, 4.69) is 32.4 Å². The summed E-state index contributed by atoms with van der Waals surface area (Å²) in [6.07, 6.45) is 3.75. The van der Waals surface area contributed by atoms with Gasteiger partial charge >= 0.3 is 0 Å². The number of pyridine rings is 1. The summed E-state index contributed by atoms with van der Waals surface area (Å²) in [5.74, 6) is 1.40. The van der Waals surface area contributed by atoms with Crippen molar-refractivity contribution in [2.24, 2.45) is 0 Å². The maximum Gasteiger partial charge on any atom is 0.227 e. The second-order valence-corrected chi connectivity index (χ2v) is 8.59. The van der Waals surface area contributed by atoms with E-state index in [0.29, 0.717) is 12.4 Å². The minimum absolute atomic E-state index is 0.604. The number of hydrogen-bond acceptors (Lipinski definition) is 6. The molecule has 0 spiro atoms. The first-order chi connectivity index (χ1) is 17.7. The molecule has 6 rings (SSSR count). The highest BCUT2D eigenvalue weighted by Gasteiger charge is 2.12. The first-order valence-electron chi connectivity index (χ1n) is 11.6. The number of aromatic nitrogens is 5. The van der Waals surface area contributed by atoms with E-state index in [4.69, 9.17) is 9.15 Å². The van der Waals surface area contributed by atoms with Gasteiger partial charge in [0.1, 0.15) is 17.0 Å². The lowest BCUT2D eigenvalue weighted by atomic mass is 10.0. The van der Waals surface area contributed by atoms with Crippen molar-refractivity contribution in [1.29, 1.82) is 0 Å². The van der Waals surface area contributed by atoms with Crippen LogP contribution in [0.4, 0.5) is 0 Å². The van der Waals surface area contributed by atoms with Crippen LogP contribution < -0.4 is 4.74 Å². The summed E-state index contributed by atoms with van der Waals surface area (Å²) >= 11 is 0. The molecule has 0 aliphatic rings. The van der Waals surface area contributed by atoms with Crippen LogP contribution in [-0.4, -0.2) is 32.1 Å². The number of fused-ring (bicyclic) bond motifs is 1. The van der Waals surface area contributed by atoms with Crippen molar-refractivity contribution in [3.63, 3.8) is 0 Å². The highest BCUT2D eigenvalue weighted by atomic mass is 16.5. The van der Waals surface area contributed by atoms with Crippen LogP contribution in [0.2, 0.25) is 0 Å². The topological polar surface area (TPSA) is 78.9 Å². The van der Waals surface area contributed by atoms with Gasteiger partial charge in [-0.3, -0.25) is 4.98 Å². The normalized spacial score (nSPS) is 11.2. The van der Waals surface area contributed by atoms with Gasteiger partial charge in [-0.1, -0.05) is 35.5 Å². The van der Waals surface area contributed by atoms with Crippen LogP contribution in [0.3, 0.4) is 0 Å². The quantitative estimate of drug-likeness (QED) is 0.287. The van der Waals surface area contributed by atoms with E-state index in [0.717, 1.165) is 56.1 Å². The number of ether oxygens (including phenoxy) is 1. The van der Waals surface area contributed by atoms with E-state index in [-0.39, 0.29) is 0 Å². The molecular weight excluding hydrogens is 450 g/mol. The van der Waals surface area contributed by atoms with Gasteiger partial charge in [0.15, 0.2) is 5.58 Å². The number of methoxy groups -OCH3 is 1. The molecule has 7 nitrogen and oxygen atoms in total. The Kier molecular flexibility index (Phi) is 5.50. The largest absolute Gasteiger partial charge is 0.496 e. The number of rotatable bonds is 6. The van der Waals surface area contributed by atoms with E-state index in [1.54, 1.807) is 7.11 Å². The molecule has 0 aliphatic heterocycles. The van der Waals surface area contributed by atoms with Crippen molar-refractivity contribution in [3.8, 4) is 39.6 Å². The lowest BCUT2D eigenvalue weighted by Gasteiger charge is -2.10. The highest BCUT2D eigenvalue weighted by Crippen LogP contribution is 2.33. The Labute approximate surface area is 208 Å². The van der Waals surface area contributed by atoms with Crippen molar-refractivity contribution in [1.82, 2.24) is 25.0 Å². The summed E-state index contributed by atoms with van der Waals surface area (Å²) in [4.78, 5) is 8.85. The standard InChI is InChI=1S/C29H23N5O2/c1-19-15-22(13-14-30-19)24-12-11-23(16-28(24)35-2)26-18-34(33-32-26)17-20-7-9-21(10-8-20)29-31-25-5-3-4-6-27(25)36-29/h3-16,18H,17H2,1-2H3. The Bertz CT molecular complexity index is 1630. The summed E-state index contributed by atoms with van der Waals surface area (Å²) in [5, 5.41) is 8.72. The van der Waals surface area contributed by atoms with E-state index in [1.165, 1.54) is 0 Å². The molecule has 0 fully saturated rings. The van der Waals surface area contributed by atoms with E-state index in [9.17, 15) is 0 Å². The fraction of sp³-hybridized carbons (Fsp3) is 0.103. The van der Waals surface area contributed by atoms with Crippen LogP contribution in [0.5, 0.6) is 5.75 Å². The molecule has 3 aromatic carbocycles. The van der Waals surface area contributed by atoms with Crippen LogP contribution in [0, 0.1) is 6.92 Å². The fourth-order valence-electron chi connectivity index (χ4n) is 4.25. The van der Waals surface area contributed by atoms with Gasteiger partial charge in [-0.15, -0.1) is 5.10 Å². The molecule has 36 heavy (non-hydrogen) atoms. The van der Waals surface area contributed by atoms with Gasteiger partial charge in [0, 0.05) is 28.6 Å². The van der Waals surface area contributed by atoms with Gasteiger partial charge in [0.25, 0.3) is 0 Å². The Hall–Kier alpha value is -4.78. The number of benzene rings is 3. The molecule has 7 heteroatoms. The zero-order valence-electron chi connectivity index (χ0n) is 19.9. The molecule has 0 radical (unpaired) electrons. The Morgan fingerprint density at radius 3 is 2.53 bits per heavy atom. The average Bonchev–Trinajstić information content (AvgIpc) is 3.56. The minimum atomic E-state index is 0.604. The van der Waals surface area contributed by atoms with Gasteiger partial charge in [-0.25, -0.2) is 9.67 Å². The van der Waals surface area contributed by atoms with Crippen LogP contribution >= 0.6 is 0 Å². The van der Waals surface area contributed by atoms with Crippen molar-refractivity contribution in [2.75, 3.05) is 7.11 Å². The SMILES string of the molecule is COc1cc(-c2cn(Cc3ccc(-c4nc5ccccc5o4)cc3)nn2)ccc1-c1ccnc(C)c1. The summed E-state index contributed by atoms with van der Waals surface area (Å²) in [6.45, 7) is 2.58. The molecule has 0 atom stereocenters. The van der Waals surface area contributed by atoms with E-state index in [1.807, 2.05) is 90.7 Å².